The number of Topliss-reactive ketones (excluding diaryl/α,β-unsaturated/α-hetero) is 1. The molecular weight excluding hydrogens is 436 g/mol. The molecule has 34 heavy (non-hydrogen) atoms. The van der Waals surface area contributed by atoms with Crippen molar-refractivity contribution in [2.45, 2.75) is 25.5 Å². The number of phenols is 1. The van der Waals surface area contributed by atoms with Crippen molar-refractivity contribution in [1.82, 2.24) is 9.80 Å². The minimum atomic E-state index is -0.795. The fraction of sp³-hybridized carbons (Fsp3) is 0.385. The zero-order valence-corrected chi connectivity index (χ0v) is 19.1. The van der Waals surface area contributed by atoms with E-state index in [0.29, 0.717) is 43.9 Å². The van der Waals surface area contributed by atoms with E-state index in [1.54, 1.807) is 24.3 Å². The van der Waals surface area contributed by atoms with Crippen LogP contribution in [0.5, 0.6) is 11.5 Å². The summed E-state index contributed by atoms with van der Waals surface area (Å²) in [4.78, 5) is 30.0. The molecule has 1 amide bonds. The summed E-state index contributed by atoms with van der Waals surface area (Å²) in [6.07, 6.45) is 0.755. The smallest absolute Gasteiger partial charge is 0.295 e. The van der Waals surface area contributed by atoms with E-state index in [9.17, 15) is 19.8 Å². The molecule has 8 heteroatoms. The van der Waals surface area contributed by atoms with E-state index in [-0.39, 0.29) is 23.2 Å². The van der Waals surface area contributed by atoms with E-state index in [0.717, 1.165) is 24.4 Å². The van der Waals surface area contributed by atoms with Gasteiger partial charge in [-0.25, -0.2) is 0 Å². The van der Waals surface area contributed by atoms with Crippen LogP contribution in [0.4, 0.5) is 0 Å². The Balaban J connectivity index is 1.53. The number of likely N-dealkylation sites (tertiary alicyclic amines) is 1. The number of carbonyl (C=O) groups is 2. The normalized spacial score (nSPS) is 24.3. The Kier molecular flexibility index (Phi) is 6.02. The Morgan fingerprint density at radius 3 is 2.65 bits per heavy atom. The maximum absolute atomic E-state index is 13.2. The molecular formula is C26H28N2O6. The summed E-state index contributed by atoms with van der Waals surface area (Å²) < 4.78 is 11.1. The highest BCUT2D eigenvalue weighted by molar-refractivity contribution is 6.46. The number of ether oxygens (including phenoxy) is 2. The highest BCUT2D eigenvalue weighted by Crippen LogP contribution is 2.41. The molecule has 3 heterocycles. The van der Waals surface area contributed by atoms with Crippen molar-refractivity contribution >= 4 is 17.4 Å². The van der Waals surface area contributed by atoms with Gasteiger partial charge in [-0.05, 0) is 48.4 Å². The Bertz CT molecular complexity index is 1150. The number of phenolic OH excluding ortho intramolecular Hbond substituents is 1. The largest absolute Gasteiger partial charge is 0.508 e. The molecule has 3 aliphatic heterocycles. The second-order valence-corrected chi connectivity index (χ2v) is 9.00. The third-order valence-electron chi connectivity index (χ3n) is 6.66. The van der Waals surface area contributed by atoms with E-state index in [4.69, 9.17) is 9.47 Å². The molecule has 8 nitrogen and oxygen atoms in total. The number of rotatable bonds is 5. The average Bonchev–Trinajstić information content (AvgIpc) is 3.33. The van der Waals surface area contributed by atoms with Gasteiger partial charge in [-0.3, -0.25) is 14.5 Å². The van der Waals surface area contributed by atoms with Crippen molar-refractivity contribution in [3.05, 3.63) is 64.7 Å². The van der Waals surface area contributed by atoms with Gasteiger partial charge in [0, 0.05) is 38.2 Å². The van der Waals surface area contributed by atoms with Gasteiger partial charge in [0.1, 0.15) is 23.4 Å². The Hall–Kier alpha value is -3.36. The minimum absolute atomic E-state index is 0.0277. The molecule has 0 saturated carbocycles. The molecule has 2 aromatic carbocycles. The van der Waals surface area contributed by atoms with Gasteiger partial charge in [-0.15, -0.1) is 0 Å². The third-order valence-corrected chi connectivity index (χ3v) is 6.66. The number of aliphatic hydroxyl groups excluding tert-OH is 1. The third kappa shape index (κ3) is 4.15. The lowest BCUT2D eigenvalue weighted by Gasteiger charge is -2.31. The van der Waals surface area contributed by atoms with E-state index < -0.39 is 17.7 Å². The molecule has 3 aliphatic rings. The highest BCUT2D eigenvalue weighted by atomic mass is 16.5. The molecule has 178 valence electrons. The SMILES string of the molecule is C[C@H]1Cc2cc(/C(O)=C3\C(=O)C(=O)N(CCN4CCOCC4)[C@H]3c3cccc(O)c3)ccc2O1. The average molecular weight is 465 g/mol. The Labute approximate surface area is 198 Å². The summed E-state index contributed by atoms with van der Waals surface area (Å²) >= 11 is 0. The van der Waals surface area contributed by atoms with Gasteiger partial charge in [0.05, 0.1) is 24.8 Å². The molecule has 0 aromatic heterocycles. The van der Waals surface area contributed by atoms with Gasteiger partial charge < -0.3 is 24.6 Å². The van der Waals surface area contributed by atoms with Crippen LogP contribution in [0.1, 0.15) is 29.7 Å². The van der Waals surface area contributed by atoms with E-state index in [1.165, 1.54) is 17.0 Å². The van der Waals surface area contributed by atoms with Crippen LogP contribution in [-0.2, 0) is 20.7 Å². The lowest BCUT2D eigenvalue weighted by atomic mass is 9.94. The fourth-order valence-electron chi connectivity index (χ4n) is 4.95. The van der Waals surface area contributed by atoms with Gasteiger partial charge in [0.15, 0.2) is 0 Å². The maximum atomic E-state index is 13.2. The minimum Gasteiger partial charge on any atom is -0.508 e. The number of benzene rings is 2. The number of fused-ring (bicyclic) bond motifs is 1. The first-order valence-corrected chi connectivity index (χ1v) is 11.6. The van der Waals surface area contributed by atoms with Crippen LogP contribution in [0, 0.1) is 0 Å². The van der Waals surface area contributed by atoms with Crippen molar-refractivity contribution in [3.8, 4) is 11.5 Å². The topological polar surface area (TPSA) is 99.5 Å². The molecule has 0 bridgehead atoms. The molecule has 2 saturated heterocycles. The van der Waals surface area contributed by atoms with Gasteiger partial charge in [0.25, 0.3) is 11.7 Å². The lowest BCUT2D eigenvalue weighted by molar-refractivity contribution is -0.140. The van der Waals surface area contributed by atoms with Crippen molar-refractivity contribution in [2.75, 3.05) is 39.4 Å². The molecule has 2 fully saturated rings. The van der Waals surface area contributed by atoms with E-state index in [1.807, 2.05) is 13.0 Å². The first-order chi connectivity index (χ1) is 16.4. The summed E-state index contributed by atoms with van der Waals surface area (Å²) in [6.45, 7) is 5.66. The maximum Gasteiger partial charge on any atom is 0.295 e. The zero-order valence-electron chi connectivity index (χ0n) is 19.1. The number of morpholine rings is 1. The lowest BCUT2D eigenvalue weighted by Crippen LogP contribution is -2.42. The van der Waals surface area contributed by atoms with Crippen molar-refractivity contribution in [3.63, 3.8) is 0 Å². The number of hydrogen-bond acceptors (Lipinski definition) is 7. The number of nitrogens with zero attached hydrogens (tertiary/aromatic N) is 2. The molecule has 0 spiro atoms. The Morgan fingerprint density at radius 2 is 1.88 bits per heavy atom. The monoisotopic (exact) mass is 464 g/mol. The van der Waals surface area contributed by atoms with Gasteiger partial charge in [0.2, 0.25) is 0 Å². The number of aliphatic hydroxyl groups is 1. The number of aromatic hydroxyl groups is 1. The second-order valence-electron chi connectivity index (χ2n) is 9.00. The first-order valence-electron chi connectivity index (χ1n) is 11.6. The zero-order chi connectivity index (χ0) is 23.8. The molecule has 2 aromatic rings. The Morgan fingerprint density at radius 1 is 1.09 bits per heavy atom. The number of amides is 1. The standard InChI is InChI=1S/C26H28N2O6/c1-16-13-19-14-18(5-6-21(19)34-16)24(30)22-23(17-3-2-4-20(29)15-17)28(26(32)25(22)31)8-7-27-9-11-33-12-10-27/h2-6,14-16,23,29-30H,7-13H2,1H3/b24-22+/t16-,23-/m0/s1. The van der Waals surface area contributed by atoms with Crippen LogP contribution < -0.4 is 4.74 Å². The number of carbonyl (C=O) groups excluding carboxylic acids is 2. The van der Waals surface area contributed by atoms with Gasteiger partial charge in [-0.1, -0.05) is 12.1 Å². The van der Waals surface area contributed by atoms with Crippen LogP contribution in [0.25, 0.3) is 5.76 Å². The van der Waals surface area contributed by atoms with Crippen LogP contribution in [0.3, 0.4) is 0 Å². The molecule has 0 unspecified atom stereocenters. The van der Waals surface area contributed by atoms with E-state index >= 15 is 0 Å². The summed E-state index contributed by atoms with van der Waals surface area (Å²) in [5.41, 5.74) is 2.02. The molecule has 2 atom stereocenters. The molecule has 0 radical (unpaired) electrons. The van der Waals surface area contributed by atoms with Gasteiger partial charge >= 0.3 is 0 Å². The molecule has 5 rings (SSSR count). The van der Waals surface area contributed by atoms with Crippen molar-refractivity contribution in [2.24, 2.45) is 0 Å². The first kappa shape index (κ1) is 22.4. The van der Waals surface area contributed by atoms with Crippen molar-refractivity contribution in [1.29, 1.82) is 0 Å². The number of ketones is 1. The van der Waals surface area contributed by atoms with E-state index in [2.05, 4.69) is 4.90 Å². The number of hydrogen-bond donors (Lipinski definition) is 2. The van der Waals surface area contributed by atoms with Crippen molar-refractivity contribution < 1.29 is 29.3 Å². The highest BCUT2D eigenvalue weighted by Gasteiger charge is 2.46. The van der Waals surface area contributed by atoms with Gasteiger partial charge in [-0.2, -0.15) is 0 Å². The summed E-state index contributed by atoms with van der Waals surface area (Å²) in [7, 11) is 0. The quantitative estimate of drug-likeness (QED) is 0.398. The molecule has 2 N–H and O–H groups in total. The summed E-state index contributed by atoms with van der Waals surface area (Å²) in [5, 5.41) is 21.4. The predicted octanol–water partition coefficient (Wildman–Crippen LogP) is 2.47. The van der Waals surface area contributed by atoms with Crippen LogP contribution >= 0.6 is 0 Å². The van der Waals surface area contributed by atoms with Crippen LogP contribution in [0.15, 0.2) is 48.0 Å². The summed E-state index contributed by atoms with van der Waals surface area (Å²) in [6, 6.07) is 11.0. The van der Waals surface area contributed by atoms with Crippen LogP contribution in [0.2, 0.25) is 0 Å². The summed E-state index contributed by atoms with van der Waals surface area (Å²) in [5.74, 6) is -0.804. The molecule has 0 aliphatic carbocycles. The fourth-order valence-corrected chi connectivity index (χ4v) is 4.95. The van der Waals surface area contributed by atoms with Crippen LogP contribution in [-0.4, -0.2) is 77.2 Å². The second kappa shape index (κ2) is 9.12. The predicted molar refractivity (Wildman–Crippen MR) is 125 cm³/mol.